The molecule has 0 spiro atoms. The molecule has 6 nitrogen and oxygen atoms in total. The zero-order chi connectivity index (χ0) is 17.3. The van der Waals surface area contributed by atoms with Crippen LogP contribution in [0.15, 0.2) is 43.7 Å². The van der Waals surface area contributed by atoms with E-state index in [0.29, 0.717) is 29.6 Å². The minimum Gasteiger partial charge on any atom is -0.347 e. The lowest BCUT2D eigenvalue weighted by Crippen LogP contribution is -2.34. The number of hydrogen-bond donors (Lipinski definition) is 2. The van der Waals surface area contributed by atoms with E-state index in [1.165, 1.54) is 6.07 Å². The number of nitrogens with zero attached hydrogens (tertiary/aromatic N) is 1. The standard InChI is InChI=1S/C16H14BrN3O3S/c1-2-20-15(22)11-5-3-9(7-12(11)19-16(20)23)14(21)18-8-10-4-6-13(17)24-10/h3-7H,2,8H2,1H3,(H,18,21)(H,19,23). The van der Waals surface area contributed by atoms with E-state index in [0.717, 1.165) is 13.2 Å². The molecule has 0 saturated heterocycles. The van der Waals surface area contributed by atoms with Crippen LogP contribution < -0.4 is 16.6 Å². The Bertz CT molecular complexity index is 1030. The van der Waals surface area contributed by atoms with Crippen LogP contribution in [0.4, 0.5) is 0 Å². The van der Waals surface area contributed by atoms with Crippen molar-refractivity contribution in [3.05, 3.63) is 65.4 Å². The van der Waals surface area contributed by atoms with Crippen LogP contribution in [0.5, 0.6) is 0 Å². The first-order valence-corrected chi connectivity index (χ1v) is 8.90. The van der Waals surface area contributed by atoms with Crippen LogP contribution >= 0.6 is 27.3 Å². The molecule has 0 aliphatic rings. The highest BCUT2D eigenvalue weighted by atomic mass is 79.9. The maximum Gasteiger partial charge on any atom is 0.328 e. The molecule has 0 radical (unpaired) electrons. The summed E-state index contributed by atoms with van der Waals surface area (Å²) < 4.78 is 2.12. The summed E-state index contributed by atoms with van der Waals surface area (Å²) in [4.78, 5) is 40.0. The molecule has 0 unspecified atom stereocenters. The average Bonchev–Trinajstić information content (AvgIpc) is 2.98. The van der Waals surface area contributed by atoms with Crippen LogP contribution in [0, 0.1) is 0 Å². The molecular formula is C16H14BrN3O3S. The third-order valence-corrected chi connectivity index (χ3v) is 5.24. The van der Waals surface area contributed by atoms with Crippen LogP contribution in [0.1, 0.15) is 22.2 Å². The molecule has 3 rings (SSSR count). The number of rotatable bonds is 4. The smallest absolute Gasteiger partial charge is 0.328 e. The molecule has 1 aromatic carbocycles. The van der Waals surface area contributed by atoms with E-state index in [2.05, 4.69) is 26.2 Å². The molecule has 0 fully saturated rings. The van der Waals surface area contributed by atoms with E-state index < -0.39 is 5.69 Å². The molecular weight excluding hydrogens is 394 g/mol. The molecule has 3 aromatic rings. The highest BCUT2D eigenvalue weighted by molar-refractivity contribution is 9.11. The Morgan fingerprint density at radius 2 is 2.08 bits per heavy atom. The Balaban J connectivity index is 1.88. The van der Waals surface area contributed by atoms with Gasteiger partial charge in [0.05, 0.1) is 21.2 Å². The predicted octanol–water partition coefficient (Wildman–Crippen LogP) is 2.46. The lowest BCUT2D eigenvalue weighted by Gasteiger charge is -2.07. The predicted molar refractivity (Wildman–Crippen MR) is 97.7 cm³/mol. The number of aromatic amines is 1. The average molecular weight is 408 g/mol. The number of fused-ring (bicyclic) bond motifs is 1. The maximum absolute atomic E-state index is 12.3. The zero-order valence-electron chi connectivity index (χ0n) is 12.8. The van der Waals surface area contributed by atoms with Crippen LogP contribution in [0.2, 0.25) is 0 Å². The molecule has 8 heteroatoms. The van der Waals surface area contributed by atoms with E-state index in [1.54, 1.807) is 30.4 Å². The molecule has 124 valence electrons. The molecule has 0 aliphatic heterocycles. The van der Waals surface area contributed by atoms with Gasteiger partial charge in [-0.3, -0.25) is 14.2 Å². The second-order valence-corrected chi connectivity index (χ2v) is 7.68. The summed E-state index contributed by atoms with van der Waals surface area (Å²) in [5.41, 5.74) is -0.0775. The molecule has 0 aliphatic carbocycles. The summed E-state index contributed by atoms with van der Waals surface area (Å²) in [5.74, 6) is -0.262. The fourth-order valence-electron chi connectivity index (χ4n) is 2.40. The first kappa shape index (κ1) is 16.7. The summed E-state index contributed by atoms with van der Waals surface area (Å²) in [6.45, 7) is 2.44. The number of thiophene rings is 1. The largest absolute Gasteiger partial charge is 0.347 e. The molecule has 2 N–H and O–H groups in total. The van der Waals surface area contributed by atoms with Crippen LogP contribution in [-0.2, 0) is 13.1 Å². The monoisotopic (exact) mass is 407 g/mol. The van der Waals surface area contributed by atoms with Crippen molar-refractivity contribution in [1.82, 2.24) is 14.9 Å². The topological polar surface area (TPSA) is 84.0 Å². The van der Waals surface area contributed by atoms with Gasteiger partial charge in [0.25, 0.3) is 11.5 Å². The minimum atomic E-state index is -0.476. The molecule has 2 aromatic heterocycles. The third kappa shape index (κ3) is 3.20. The van der Waals surface area contributed by atoms with Gasteiger partial charge in [0.1, 0.15) is 0 Å². The summed E-state index contributed by atoms with van der Waals surface area (Å²) in [5, 5.41) is 3.20. The van der Waals surface area contributed by atoms with E-state index in [-0.39, 0.29) is 11.5 Å². The molecule has 1 amide bonds. The summed E-state index contributed by atoms with van der Waals surface area (Å²) in [6.07, 6.45) is 0. The van der Waals surface area contributed by atoms with Crippen LogP contribution in [0.25, 0.3) is 10.9 Å². The Hall–Kier alpha value is -2.19. The van der Waals surface area contributed by atoms with Gasteiger partial charge < -0.3 is 10.3 Å². The number of carbonyl (C=O) groups is 1. The zero-order valence-corrected chi connectivity index (χ0v) is 15.2. The number of nitrogens with one attached hydrogen (secondary N) is 2. The fourth-order valence-corrected chi connectivity index (χ4v) is 3.82. The van der Waals surface area contributed by atoms with E-state index in [4.69, 9.17) is 0 Å². The van der Waals surface area contributed by atoms with Gasteiger partial charge >= 0.3 is 5.69 Å². The van der Waals surface area contributed by atoms with Crippen molar-refractivity contribution in [2.75, 3.05) is 0 Å². The van der Waals surface area contributed by atoms with Crippen LogP contribution in [0.3, 0.4) is 0 Å². The normalized spacial score (nSPS) is 10.9. The second-order valence-electron chi connectivity index (χ2n) is 5.13. The number of halogens is 1. The van der Waals surface area contributed by atoms with Gasteiger partial charge in [0, 0.05) is 17.0 Å². The lowest BCUT2D eigenvalue weighted by atomic mass is 10.1. The number of hydrogen-bond acceptors (Lipinski definition) is 4. The fraction of sp³-hybridized carbons (Fsp3) is 0.188. The number of amides is 1. The van der Waals surface area contributed by atoms with Gasteiger partial charge in [-0.25, -0.2) is 4.79 Å². The van der Waals surface area contributed by atoms with Crippen molar-refractivity contribution in [2.24, 2.45) is 0 Å². The van der Waals surface area contributed by atoms with Gasteiger partial charge in [-0.2, -0.15) is 0 Å². The second kappa shape index (κ2) is 6.74. The van der Waals surface area contributed by atoms with E-state index in [9.17, 15) is 14.4 Å². The highest BCUT2D eigenvalue weighted by Crippen LogP contribution is 2.21. The highest BCUT2D eigenvalue weighted by Gasteiger charge is 2.11. The van der Waals surface area contributed by atoms with Gasteiger partial charge in [-0.15, -0.1) is 11.3 Å². The Labute approximate surface area is 149 Å². The third-order valence-electron chi connectivity index (χ3n) is 3.61. The van der Waals surface area contributed by atoms with E-state index >= 15 is 0 Å². The van der Waals surface area contributed by atoms with Crippen molar-refractivity contribution in [3.8, 4) is 0 Å². The summed E-state index contributed by atoms with van der Waals surface area (Å²) >= 11 is 4.92. The van der Waals surface area contributed by atoms with Gasteiger partial charge in [0.15, 0.2) is 0 Å². The Kier molecular flexibility index (Phi) is 4.68. The van der Waals surface area contributed by atoms with Crippen LogP contribution in [-0.4, -0.2) is 15.5 Å². The van der Waals surface area contributed by atoms with Gasteiger partial charge in [0.2, 0.25) is 0 Å². The first-order chi connectivity index (χ1) is 11.5. The number of aromatic nitrogens is 2. The SMILES string of the molecule is CCn1c(=O)[nH]c2cc(C(=O)NCc3ccc(Br)s3)ccc2c1=O. The quantitative estimate of drug-likeness (QED) is 0.696. The maximum atomic E-state index is 12.3. The number of carbonyl (C=O) groups excluding carboxylic acids is 1. The van der Waals surface area contributed by atoms with Gasteiger partial charge in [-0.05, 0) is 53.2 Å². The summed E-state index contributed by atoms with van der Waals surface area (Å²) in [6, 6.07) is 8.53. The molecule has 0 bridgehead atoms. The van der Waals surface area contributed by atoms with Crippen molar-refractivity contribution < 1.29 is 4.79 Å². The Morgan fingerprint density at radius 3 is 2.75 bits per heavy atom. The minimum absolute atomic E-state index is 0.262. The molecule has 2 heterocycles. The van der Waals surface area contributed by atoms with E-state index in [1.807, 2.05) is 12.1 Å². The molecule has 24 heavy (non-hydrogen) atoms. The van der Waals surface area contributed by atoms with Crippen molar-refractivity contribution in [2.45, 2.75) is 20.0 Å². The Morgan fingerprint density at radius 1 is 1.29 bits per heavy atom. The number of H-pyrrole nitrogens is 1. The summed E-state index contributed by atoms with van der Waals surface area (Å²) in [7, 11) is 0. The first-order valence-electron chi connectivity index (χ1n) is 7.29. The number of benzene rings is 1. The van der Waals surface area contributed by atoms with Crippen molar-refractivity contribution >= 4 is 44.1 Å². The molecule has 0 atom stereocenters. The van der Waals surface area contributed by atoms with Crippen molar-refractivity contribution in [1.29, 1.82) is 0 Å². The van der Waals surface area contributed by atoms with Crippen molar-refractivity contribution in [3.63, 3.8) is 0 Å². The molecule has 0 saturated carbocycles. The van der Waals surface area contributed by atoms with Gasteiger partial charge in [-0.1, -0.05) is 0 Å². The lowest BCUT2D eigenvalue weighted by molar-refractivity contribution is 0.0951.